The van der Waals surface area contributed by atoms with Gasteiger partial charge in [0.25, 0.3) is 0 Å². The number of anilines is 1. The first kappa shape index (κ1) is 12.4. The summed E-state index contributed by atoms with van der Waals surface area (Å²) in [4.78, 5) is 8.87. The molecule has 2 atom stereocenters. The van der Waals surface area contributed by atoms with Crippen LogP contribution in [0.4, 0.5) is 5.82 Å². The van der Waals surface area contributed by atoms with Gasteiger partial charge in [-0.25, -0.2) is 9.97 Å². The van der Waals surface area contributed by atoms with Crippen LogP contribution in [0.2, 0.25) is 0 Å². The molecule has 0 spiro atoms. The highest BCUT2D eigenvalue weighted by atomic mass is 15.1. The standard InChI is InChI=1S/C14H21N5/c1-19-9-17-13-12(19)7-8-16-14(13)18-11-6-4-2-3-5-10(11)15/h7-11H,2-6,15H2,1H3,(H,16,18). The fraction of sp³-hybridized carbons (Fsp3) is 0.571. The van der Waals surface area contributed by atoms with Crippen LogP contribution in [-0.2, 0) is 7.05 Å². The van der Waals surface area contributed by atoms with Crippen LogP contribution in [0.5, 0.6) is 0 Å². The molecule has 1 aliphatic rings. The number of rotatable bonds is 2. The summed E-state index contributed by atoms with van der Waals surface area (Å²) in [6, 6.07) is 2.51. The molecule has 2 aromatic heterocycles. The van der Waals surface area contributed by atoms with Gasteiger partial charge in [-0.3, -0.25) is 0 Å². The Kier molecular flexibility index (Phi) is 3.38. The van der Waals surface area contributed by atoms with Crippen LogP contribution < -0.4 is 11.1 Å². The third kappa shape index (κ3) is 2.42. The second kappa shape index (κ2) is 5.17. The van der Waals surface area contributed by atoms with Crippen molar-refractivity contribution in [3.05, 3.63) is 18.6 Å². The van der Waals surface area contributed by atoms with Gasteiger partial charge in [0.15, 0.2) is 5.82 Å². The van der Waals surface area contributed by atoms with Crippen LogP contribution in [0, 0.1) is 0 Å². The van der Waals surface area contributed by atoms with Gasteiger partial charge >= 0.3 is 0 Å². The van der Waals surface area contributed by atoms with E-state index in [-0.39, 0.29) is 6.04 Å². The van der Waals surface area contributed by atoms with Crippen LogP contribution in [0.3, 0.4) is 0 Å². The highest BCUT2D eigenvalue weighted by Gasteiger charge is 2.21. The number of nitrogens with zero attached hydrogens (tertiary/aromatic N) is 3. The van der Waals surface area contributed by atoms with Crippen molar-refractivity contribution < 1.29 is 0 Å². The molecule has 5 heteroatoms. The lowest BCUT2D eigenvalue weighted by molar-refractivity contribution is 0.527. The molecule has 1 fully saturated rings. The zero-order valence-corrected chi connectivity index (χ0v) is 11.3. The largest absolute Gasteiger partial charge is 0.364 e. The van der Waals surface area contributed by atoms with Gasteiger partial charge in [0.05, 0.1) is 11.8 Å². The van der Waals surface area contributed by atoms with Gasteiger partial charge in [-0.1, -0.05) is 19.3 Å². The smallest absolute Gasteiger partial charge is 0.154 e. The van der Waals surface area contributed by atoms with Crippen molar-refractivity contribution in [3.8, 4) is 0 Å². The Bertz CT molecular complexity index is 562. The zero-order chi connectivity index (χ0) is 13.2. The van der Waals surface area contributed by atoms with Crippen molar-refractivity contribution in [1.82, 2.24) is 14.5 Å². The fourth-order valence-corrected chi connectivity index (χ4v) is 2.86. The van der Waals surface area contributed by atoms with Gasteiger partial charge in [0.2, 0.25) is 0 Å². The number of imidazole rings is 1. The predicted octanol–water partition coefficient (Wildman–Crippen LogP) is 2.04. The van der Waals surface area contributed by atoms with E-state index in [9.17, 15) is 0 Å². The molecule has 1 aliphatic carbocycles. The monoisotopic (exact) mass is 259 g/mol. The minimum absolute atomic E-state index is 0.211. The van der Waals surface area contributed by atoms with E-state index >= 15 is 0 Å². The summed E-state index contributed by atoms with van der Waals surface area (Å²) in [6.07, 6.45) is 9.62. The van der Waals surface area contributed by atoms with Crippen molar-refractivity contribution >= 4 is 16.9 Å². The summed E-state index contributed by atoms with van der Waals surface area (Å²) in [5.41, 5.74) is 8.29. The zero-order valence-electron chi connectivity index (χ0n) is 11.3. The van der Waals surface area contributed by atoms with Crippen molar-refractivity contribution in [2.24, 2.45) is 12.8 Å². The minimum Gasteiger partial charge on any atom is -0.364 e. The predicted molar refractivity (Wildman–Crippen MR) is 77.0 cm³/mol. The number of aromatic nitrogens is 3. The topological polar surface area (TPSA) is 68.8 Å². The summed E-state index contributed by atoms with van der Waals surface area (Å²) in [7, 11) is 2.00. The number of pyridine rings is 1. The molecule has 3 N–H and O–H groups in total. The van der Waals surface area contributed by atoms with E-state index in [1.165, 1.54) is 19.3 Å². The van der Waals surface area contributed by atoms with E-state index in [4.69, 9.17) is 5.73 Å². The van der Waals surface area contributed by atoms with Gasteiger partial charge in [-0.15, -0.1) is 0 Å². The lowest BCUT2D eigenvalue weighted by Crippen LogP contribution is -2.39. The molecule has 2 unspecified atom stereocenters. The quantitative estimate of drug-likeness (QED) is 0.810. The van der Waals surface area contributed by atoms with Crippen LogP contribution in [0.1, 0.15) is 32.1 Å². The molecule has 0 amide bonds. The number of fused-ring (bicyclic) bond motifs is 1. The maximum absolute atomic E-state index is 6.26. The van der Waals surface area contributed by atoms with E-state index < -0.39 is 0 Å². The van der Waals surface area contributed by atoms with Crippen LogP contribution >= 0.6 is 0 Å². The number of nitrogens with two attached hydrogens (primary N) is 1. The molecule has 0 saturated heterocycles. The second-order valence-corrected chi connectivity index (χ2v) is 5.44. The number of aryl methyl sites for hydroxylation is 1. The van der Waals surface area contributed by atoms with E-state index in [2.05, 4.69) is 15.3 Å². The average Bonchev–Trinajstić information content (AvgIpc) is 2.67. The number of nitrogens with one attached hydrogen (secondary N) is 1. The molecule has 19 heavy (non-hydrogen) atoms. The van der Waals surface area contributed by atoms with E-state index in [1.54, 1.807) is 0 Å². The molecule has 0 aliphatic heterocycles. The molecule has 3 rings (SSSR count). The normalized spacial score (nSPS) is 24.3. The first-order chi connectivity index (χ1) is 9.25. The Morgan fingerprint density at radius 1 is 1.26 bits per heavy atom. The maximum Gasteiger partial charge on any atom is 0.154 e. The minimum atomic E-state index is 0.211. The van der Waals surface area contributed by atoms with Gasteiger partial charge in [0, 0.05) is 25.3 Å². The Hall–Kier alpha value is -1.62. The van der Waals surface area contributed by atoms with Crippen LogP contribution in [-0.4, -0.2) is 26.6 Å². The van der Waals surface area contributed by atoms with E-state index in [0.717, 1.165) is 29.7 Å². The summed E-state index contributed by atoms with van der Waals surface area (Å²) < 4.78 is 2.01. The SMILES string of the molecule is Cn1cnc2c(NC3CCCCCC3N)nccc21. The molecular formula is C14H21N5. The van der Waals surface area contributed by atoms with E-state index in [1.807, 2.05) is 30.2 Å². The summed E-state index contributed by atoms with van der Waals surface area (Å²) in [6.45, 7) is 0. The van der Waals surface area contributed by atoms with Gasteiger partial charge < -0.3 is 15.6 Å². The van der Waals surface area contributed by atoms with Gasteiger partial charge in [-0.05, 0) is 18.9 Å². The fourth-order valence-electron chi connectivity index (χ4n) is 2.86. The molecule has 0 radical (unpaired) electrons. The summed E-state index contributed by atoms with van der Waals surface area (Å²) in [5, 5.41) is 3.52. The first-order valence-corrected chi connectivity index (χ1v) is 7.04. The average molecular weight is 259 g/mol. The van der Waals surface area contributed by atoms with E-state index in [0.29, 0.717) is 6.04 Å². The molecule has 1 saturated carbocycles. The molecule has 0 aromatic carbocycles. The maximum atomic E-state index is 6.26. The second-order valence-electron chi connectivity index (χ2n) is 5.44. The summed E-state index contributed by atoms with van der Waals surface area (Å²) >= 11 is 0. The molecule has 5 nitrogen and oxygen atoms in total. The highest BCUT2D eigenvalue weighted by Crippen LogP contribution is 2.23. The third-order valence-corrected chi connectivity index (χ3v) is 4.03. The Morgan fingerprint density at radius 3 is 3.00 bits per heavy atom. The number of hydrogen-bond acceptors (Lipinski definition) is 4. The van der Waals surface area contributed by atoms with Crippen molar-refractivity contribution in [3.63, 3.8) is 0 Å². The van der Waals surface area contributed by atoms with Gasteiger partial charge in [-0.2, -0.15) is 0 Å². The molecule has 102 valence electrons. The lowest BCUT2D eigenvalue weighted by atomic mass is 10.0. The third-order valence-electron chi connectivity index (χ3n) is 4.03. The molecular weight excluding hydrogens is 238 g/mol. The van der Waals surface area contributed by atoms with Crippen molar-refractivity contribution in [2.45, 2.75) is 44.2 Å². The molecule has 2 aromatic rings. The van der Waals surface area contributed by atoms with Crippen molar-refractivity contribution in [2.75, 3.05) is 5.32 Å². The highest BCUT2D eigenvalue weighted by molar-refractivity contribution is 5.85. The Morgan fingerprint density at radius 2 is 2.11 bits per heavy atom. The Labute approximate surface area is 113 Å². The van der Waals surface area contributed by atoms with Crippen LogP contribution in [0.25, 0.3) is 11.0 Å². The molecule has 2 heterocycles. The lowest BCUT2D eigenvalue weighted by Gasteiger charge is -2.23. The van der Waals surface area contributed by atoms with Crippen LogP contribution in [0.15, 0.2) is 18.6 Å². The number of hydrogen-bond donors (Lipinski definition) is 2. The van der Waals surface area contributed by atoms with Gasteiger partial charge in [0.1, 0.15) is 5.52 Å². The Balaban J connectivity index is 1.88. The molecule has 0 bridgehead atoms. The van der Waals surface area contributed by atoms with Crippen molar-refractivity contribution in [1.29, 1.82) is 0 Å². The first-order valence-electron chi connectivity index (χ1n) is 7.04. The summed E-state index contributed by atoms with van der Waals surface area (Å²) in [5.74, 6) is 0.862.